The summed E-state index contributed by atoms with van der Waals surface area (Å²) in [4.78, 5) is 25.8. The Labute approximate surface area is 104 Å². The molecular weight excluding hydrogens is 216 g/mol. The first-order valence-electron chi connectivity index (χ1n) is 6.37. The Bertz CT molecular complexity index is 319. The molecule has 0 aromatic heterocycles. The topological polar surface area (TPSA) is 63.4 Å². The Kier molecular flexibility index (Phi) is 3.97. The number of nitrogens with two attached hydrogens (primary N) is 1. The first-order chi connectivity index (χ1) is 7.82. The molecule has 0 atom stereocenters. The van der Waals surface area contributed by atoms with Crippen molar-refractivity contribution in [2.45, 2.75) is 47.0 Å². The number of carbonyl (C=O) groups excluding carboxylic acids is 2. The largest absolute Gasteiger partial charge is 0.330 e. The first kappa shape index (κ1) is 14.2. The van der Waals surface area contributed by atoms with Crippen molar-refractivity contribution in [1.82, 2.24) is 4.90 Å². The summed E-state index contributed by atoms with van der Waals surface area (Å²) in [5.41, 5.74) is 5.00. The van der Waals surface area contributed by atoms with Gasteiger partial charge in [0.1, 0.15) is 0 Å². The minimum atomic E-state index is -0.457. The smallest absolute Gasteiger partial charge is 0.235 e. The second-order valence-corrected chi connectivity index (χ2v) is 5.82. The van der Waals surface area contributed by atoms with E-state index in [4.69, 9.17) is 5.73 Å². The third-order valence-electron chi connectivity index (χ3n) is 3.98. The van der Waals surface area contributed by atoms with Crippen LogP contribution in [0, 0.1) is 10.8 Å². The lowest BCUT2D eigenvalue weighted by Crippen LogP contribution is -2.43. The van der Waals surface area contributed by atoms with Gasteiger partial charge in [-0.1, -0.05) is 27.7 Å². The third-order valence-corrected chi connectivity index (χ3v) is 3.98. The van der Waals surface area contributed by atoms with Gasteiger partial charge < -0.3 is 5.73 Å². The quantitative estimate of drug-likeness (QED) is 0.741. The van der Waals surface area contributed by atoms with Crippen molar-refractivity contribution in [2.24, 2.45) is 16.6 Å². The predicted octanol–water partition coefficient (Wildman–Crippen LogP) is 1.54. The van der Waals surface area contributed by atoms with E-state index in [1.54, 1.807) is 0 Å². The number of carbonyl (C=O) groups is 2. The second kappa shape index (κ2) is 4.77. The van der Waals surface area contributed by atoms with Gasteiger partial charge in [-0.3, -0.25) is 14.5 Å². The van der Waals surface area contributed by atoms with E-state index in [9.17, 15) is 9.59 Å². The van der Waals surface area contributed by atoms with E-state index < -0.39 is 5.41 Å². The highest BCUT2D eigenvalue weighted by Crippen LogP contribution is 2.40. The third kappa shape index (κ3) is 2.51. The predicted molar refractivity (Wildman–Crippen MR) is 67.2 cm³/mol. The maximum absolute atomic E-state index is 12.4. The highest BCUT2D eigenvalue weighted by molar-refractivity contribution is 6.05. The highest BCUT2D eigenvalue weighted by atomic mass is 16.2. The molecule has 0 aliphatic carbocycles. The number of rotatable bonds is 5. The summed E-state index contributed by atoms with van der Waals surface area (Å²) >= 11 is 0. The minimum Gasteiger partial charge on any atom is -0.330 e. The molecule has 2 N–H and O–H groups in total. The maximum atomic E-state index is 12.4. The van der Waals surface area contributed by atoms with Crippen LogP contribution in [0.15, 0.2) is 0 Å². The molecule has 1 rings (SSSR count). The van der Waals surface area contributed by atoms with Crippen LogP contribution in [-0.2, 0) is 9.59 Å². The van der Waals surface area contributed by atoms with Crippen molar-refractivity contribution in [3.8, 4) is 0 Å². The van der Waals surface area contributed by atoms with Crippen molar-refractivity contribution < 1.29 is 9.59 Å². The number of likely N-dealkylation sites (tertiary alicyclic amines) is 1. The van der Waals surface area contributed by atoms with E-state index in [1.807, 2.05) is 27.7 Å². The summed E-state index contributed by atoms with van der Waals surface area (Å²) < 4.78 is 0. The SMILES string of the molecule is CCC1(CC)CC(=O)N(CC(C)(C)CN)C1=O. The number of nitrogens with zero attached hydrogens (tertiary/aromatic N) is 1. The van der Waals surface area contributed by atoms with Crippen LogP contribution in [0.3, 0.4) is 0 Å². The van der Waals surface area contributed by atoms with Crippen LogP contribution in [-0.4, -0.2) is 29.8 Å². The molecule has 1 aliphatic heterocycles. The van der Waals surface area contributed by atoms with Crippen LogP contribution < -0.4 is 5.73 Å². The van der Waals surface area contributed by atoms with E-state index in [0.29, 0.717) is 19.5 Å². The average molecular weight is 240 g/mol. The molecule has 1 heterocycles. The van der Waals surface area contributed by atoms with Crippen LogP contribution in [0.2, 0.25) is 0 Å². The number of imide groups is 1. The lowest BCUT2D eigenvalue weighted by molar-refractivity contribution is -0.143. The Balaban J connectivity index is 2.90. The van der Waals surface area contributed by atoms with Crippen LogP contribution >= 0.6 is 0 Å². The monoisotopic (exact) mass is 240 g/mol. The van der Waals surface area contributed by atoms with Crippen molar-refractivity contribution >= 4 is 11.8 Å². The van der Waals surface area contributed by atoms with E-state index in [1.165, 1.54) is 4.90 Å². The fourth-order valence-corrected chi connectivity index (χ4v) is 2.32. The molecule has 98 valence electrons. The van der Waals surface area contributed by atoms with Crippen LogP contribution in [0.4, 0.5) is 0 Å². The van der Waals surface area contributed by atoms with Crippen molar-refractivity contribution in [1.29, 1.82) is 0 Å². The summed E-state index contributed by atoms with van der Waals surface area (Å²) in [6.45, 7) is 8.81. The molecule has 2 amide bonds. The molecule has 0 saturated carbocycles. The van der Waals surface area contributed by atoms with Gasteiger partial charge >= 0.3 is 0 Å². The highest BCUT2D eigenvalue weighted by Gasteiger charge is 2.49. The van der Waals surface area contributed by atoms with Gasteiger partial charge in [-0.25, -0.2) is 0 Å². The van der Waals surface area contributed by atoms with Gasteiger partial charge in [-0.05, 0) is 24.8 Å². The Morgan fingerprint density at radius 3 is 2.18 bits per heavy atom. The first-order valence-corrected chi connectivity index (χ1v) is 6.37. The zero-order valence-corrected chi connectivity index (χ0v) is 11.4. The second-order valence-electron chi connectivity index (χ2n) is 5.82. The van der Waals surface area contributed by atoms with Gasteiger partial charge in [0.15, 0.2) is 0 Å². The Morgan fingerprint density at radius 1 is 1.29 bits per heavy atom. The molecule has 0 unspecified atom stereocenters. The molecule has 0 aromatic carbocycles. The molecule has 0 spiro atoms. The van der Waals surface area contributed by atoms with Gasteiger partial charge in [0.25, 0.3) is 0 Å². The number of amides is 2. The number of hydrogen-bond donors (Lipinski definition) is 1. The molecular formula is C13H24N2O2. The molecule has 0 bridgehead atoms. The summed E-state index contributed by atoms with van der Waals surface area (Å²) in [5.74, 6) is -0.0470. The molecule has 1 saturated heterocycles. The molecule has 1 fully saturated rings. The molecule has 0 radical (unpaired) electrons. The molecule has 17 heavy (non-hydrogen) atoms. The fourth-order valence-electron chi connectivity index (χ4n) is 2.32. The Hall–Kier alpha value is -0.900. The number of hydrogen-bond acceptors (Lipinski definition) is 3. The molecule has 4 heteroatoms. The van der Waals surface area contributed by atoms with Gasteiger partial charge in [-0.15, -0.1) is 0 Å². The standard InChI is InChI=1S/C13H24N2O2/c1-5-13(6-2)7-10(16)15(11(13)17)9-12(3,4)8-14/h5-9,14H2,1-4H3. The van der Waals surface area contributed by atoms with E-state index >= 15 is 0 Å². The summed E-state index contributed by atoms with van der Waals surface area (Å²) in [7, 11) is 0. The van der Waals surface area contributed by atoms with E-state index in [-0.39, 0.29) is 17.2 Å². The maximum Gasteiger partial charge on any atom is 0.235 e. The van der Waals surface area contributed by atoms with Crippen LogP contribution in [0.5, 0.6) is 0 Å². The van der Waals surface area contributed by atoms with Crippen molar-refractivity contribution in [3.05, 3.63) is 0 Å². The van der Waals surface area contributed by atoms with Crippen LogP contribution in [0.25, 0.3) is 0 Å². The van der Waals surface area contributed by atoms with Crippen LogP contribution in [0.1, 0.15) is 47.0 Å². The minimum absolute atomic E-state index is 0.00553. The lowest BCUT2D eigenvalue weighted by Gasteiger charge is -2.29. The van der Waals surface area contributed by atoms with Gasteiger partial charge in [0.2, 0.25) is 11.8 Å². The average Bonchev–Trinajstić information content (AvgIpc) is 2.53. The van der Waals surface area contributed by atoms with E-state index in [2.05, 4.69) is 0 Å². The zero-order chi connectivity index (χ0) is 13.3. The lowest BCUT2D eigenvalue weighted by atomic mass is 9.81. The summed E-state index contributed by atoms with van der Waals surface area (Å²) in [6.07, 6.45) is 1.82. The Morgan fingerprint density at radius 2 is 1.82 bits per heavy atom. The summed E-state index contributed by atoms with van der Waals surface area (Å²) in [6, 6.07) is 0. The van der Waals surface area contributed by atoms with Gasteiger partial charge in [0.05, 0.1) is 5.41 Å². The molecule has 0 aromatic rings. The van der Waals surface area contributed by atoms with E-state index in [0.717, 1.165) is 12.8 Å². The van der Waals surface area contributed by atoms with Crippen molar-refractivity contribution in [3.63, 3.8) is 0 Å². The normalized spacial score (nSPS) is 20.2. The van der Waals surface area contributed by atoms with Gasteiger partial charge in [-0.2, -0.15) is 0 Å². The molecule has 4 nitrogen and oxygen atoms in total. The zero-order valence-electron chi connectivity index (χ0n) is 11.4. The fraction of sp³-hybridized carbons (Fsp3) is 0.846. The van der Waals surface area contributed by atoms with Gasteiger partial charge in [0, 0.05) is 13.0 Å². The molecule has 1 aliphatic rings. The van der Waals surface area contributed by atoms with Crippen molar-refractivity contribution in [2.75, 3.05) is 13.1 Å². The summed E-state index contributed by atoms with van der Waals surface area (Å²) in [5, 5.41) is 0.